The van der Waals surface area contributed by atoms with E-state index >= 15 is 0 Å². The van der Waals surface area contributed by atoms with Crippen molar-refractivity contribution < 1.29 is 22.4 Å². The Morgan fingerprint density at radius 3 is 2.24 bits per heavy atom. The van der Waals surface area contributed by atoms with Crippen LogP contribution >= 0.6 is 0 Å². The van der Waals surface area contributed by atoms with E-state index in [1.54, 1.807) is 6.92 Å². The third-order valence-corrected chi connectivity index (χ3v) is 7.02. The third kappa shape index (κ3) is 6.52. The Hall–Kier alpha value is -2.98. The summed E-state index contributed by atoms with van der Waals surface area (Å²) < 4.78 is 41.4. The number of hydrogen-bond donors (Lipinski definition) is 1. The Morgan fingerprint density at radius 2 is 1.73 bits per heavy atom. The van der Waals surface area contributed by atoms with E-state index in [0.29, 0.717) is 6.42 Å². The molecule has 2 rings (SSSR count). The summed E-state index contributed by atoms with van der Waals surface area (Å²) in [5, 5.41) is 2.57. The molecule has 1 N–H and O–H groups in total. The van der Waals surface area contributed by atoms with Gasteiger partial charge in [0.2, 0.25) is 11.8 Å². The molecule has 33 heavy (non-hydrogen) atoms. The number of aryl methyl sites for hydroxylation is 1. The highest BCUT2D eigenvalue weighted by atomic mass is 32.2. The predicted octanol–water partition coefficient (Wildman–Crippen LogP) is 2.30. The van der Waals surface area contributed by atoms with Crippen molar-refractivity contribution in [2.75, 3.05) is 32.0 Å². The first kappa shape index (κ1) is 26.3. The summed E-state index contributed by atoms with van der Waals surface area (Å²) in [7, 11) is 0.108. The van der Waals surface area contributed by atoms with Crippen LogP contribution in [0.4, 0.5) is 10.1 Å². The standard InChI is InChI=1S/C23H31FN4O4S/c1-6-21(23(30)25-3)27(15-18-9-7-8-17(2)14-18)22(29)16-28(33(31,32)26(4)5)20-12-10-19(24)11-13-20/h7-14,21H,6,15-16H2,1-5H3,(H,25,30)/t21-/m0/s1. The number of rotatable bonds is 10. The van der Waals surface area contributed by atoms with E-state index in [0.717, 1.165) is 31.9 Å². The average Bonchev–Trinajstić information content (AvgIpc) is 2.77. The van der Waals surface area contributed by atoms with Crippen molar-refractivity contribution in [3.8, 4) is 0 Å². The summed E-state index contributed by atoms with van der Waals surface area (Å²) in [5.41, 5.74) is 1.95. The van der Waals surface area contributed by atoms with Crippen LogP contribution in [-0.4, -0.2) is 63.2 Å². The molecule has 8 nitrogen and oxygen atoms in total. The van der Waals surface area contributed by atoms with Crippen molar-refractivity contribution in [2.45, 2.75) is 32.9 Å². The fourth-order valence-electron chi connectivity index (χ4n) is 3.42. The predicted molar refractivity (Wildman–Crippen MR) is 126 cm³/mol. The summed E-state index contributed by atoms with van der Waals surface area (Å²) in [6, 6.07) is 11.6. The Labute approximate surface area is 195 Å². The highest BCUT2D eigenvalue weighted by molar-refractivity contribution is 7.90. The van der Waals surface area contributed by atoms with Gasteiger partial charge in [-0.1, -0.05) is 36.8 Å². The fourth-order valence-corrected chi connectivity index (χ4v) is 4.47. The van der Waals surface area contributed by atoms with E-state index in [1.807, 2.05) is 31.2 Å². The molecule has 10 heteroatoms. The Balaban J connectivity index is 2.48. The highest BCUT2D eigenvalue weighted by Crippen LogP contribution is 2.22. The van der Waals surface area contributed by atoms with Crippen LogP contribution in [-0.2, 0) is 26.3 Å². The zero-order valence-electron chi connectivity index (χ0n) is 19.6. The molecular formula is C23H31FN4O4S. The Morgan fingerprint density at radius 1 is 1.09 bits per heavy atom. The number of anilines is 1. The second-order valence-corrected chi connectivity index (χ2v) is 9.89. The number of nitrogens with zero attached hydrogens (tertiary/aromatic N) is 3. The maximum Gasteiger partial charge on any atom is 0.304 e. The molecule has 1 atom stereocenters. The van der Waals surface area contributed by atoms with Crippen LogP contribution in [0, 0.1) is 12.7 Å². The third-order valence-electron chi connectivity index (χ3n) is 5.20. The van der Waals surface area contributed by atoms with Gasteiger partial charge in [-0.2, -0.15) is 12.7 Å². The molecule has 0 bridgehead atoms. The summed E-state index contributed by atoms with van der Waals surface area (Å²) in [6.45, 7) is 3.29. The second kappa shape index (κ2) is 11.2. The van der Waals surface area contributed by atoms with Crippen LogP contribution < -0.4 is 9.62 Å². The summed E-state index contributed by atoms with van der Waals surface area (Å²) in [5.74, 6) is -1.43. The maximum atomic E-state index is 13.5. The first-order valence-corrected chi connectivity index (χ1v) is 11.9. The molecule has 0 aliphatic carbocycles. The van der Waals surface area contributed by atoms with Gasteiger partial charge >= 0.3 is 10.2 Å². The van der Waals surface area contributed by atoms with Crippen LogP contribution in [0.25, 0.3) is 0 Å². The zero-order valence-corrected chi connectivity index (χ0v) is 20.4. The van der Waals surface area contributed by atoms with Crippen LogP contribution in [0.1, 0.15) is 24.5 Å². The molecule has 2 aromatic carbocycles. The molecule has 0 aromatic heterocycles. The largest absolute Gasteiger partial charge is 0.357 e. The van der Waals surface area contributed by atoms with Gasteiger partial charge in [0.25, 0.3) is 0 Å². The summed E-state index contributed by atoms with van der Waals surface area (Å²) in [6.07, 6.45) is 0.341. The molecule has 2 amide bonds. The molecule has 0 saturated heterocycles. The number of carbonyl (C=O) groups excluding carboxylic acids is 2. The van der Waals surface area contributed by atoms with Gasteiger partial charge in [0.05, 0.1) is 5.69 Å². The van der Waals surface area contributed by atoms with Gasteiger partial charge in [0.1, 0.15) is 18.4 Å². The van der Waals surface area contributed by atoms with E-state index < -0.39 is 34.5 Å². The smallest absolute Gasteiger partial charge is 0.304 e. The molecule has 0 fully saturated rings. The van der Waals surface area contributed by atoms with Gasteiger partial charge < -0.3 is 10.2 Å². The number of nitrogens with one attached hydrogen (secondary N) is 1. The molecule has 0 heterocycles. The maximum absolute atomic E-state index is 13.5. The molecule has 180 valence electrons. The molecule has 0 aliphatic heterocycles. The normalized spacial score (nSPS) is 12.3. The number of carbonyl (C=O) groups is 2. The van der Waals surface area contributed by atoms with Crippen molar-refractivity contribution in [3.05, 3.63) is 65.5 Å². The lowest BCUT2D eigenvalue weighted by atomic mass is 10.1. The second-order valence-electron chi connectivity index (χ2n) is 7.82. The SMILES string of the molecule is CC[C@@H](C(=O)NC)N(Cc1cccc(C)c1)C(=O)CN(c1ccc(F)cc1)S(=O)(=O)N(C)C. The average molecular weight is 479 g/mol. The molecule has 0 saturated carbocycles. The Kier molecular flexibility index (Phi) is 8.95. The van der Waals surface area contributed by atoms with Crippen molar-refractivity contribution >= 4 is 27.7 Å². The number of amides is 2. The molecule has 0 spiro atoms. The topological polar surface area (TPSA) is 90.0 Å². The first-order valence-electron chi connectivity index (χ1n) is 10.5. The van der Waals surface area contributed by atoms with Crippen LogP contribution in [0.5, 0.6) is 0 Å². The number of halogens is 1. The summed E-state index contributed by atoms with van der Waals surface area (Å²) in [4.78, 5) is 27.5. The molecule has 2 aromatic rings. The fraction of sp³-hybridized carbons (Fsp3) is 0.391. The highest BCUT2D eigenvalue weighted by Gasteiger charge is 2.33. The van der Waals surface area contributed by atoms with Crippen LogP contribution in [0.3, 0.4) is 0 Å². The molecular weight excluding hydrogens is 447 g/mol. The number of benzene rings is 2. The van der Waals surface area contributed by atoms with Gasteiger partial charge in [0, 0.05) is 27.7 Å². The van der Waals surface area contributed by atoms with Gasteiger partial charge in [-0.3, -0.25) is 9.59 Å². The lowest BCUT2D eigenvalue weighted by Crippen LogP contribution is -2.52. The van der Waals surface area contributed by atoms with E-state index in [1.165, 1.54) is 38.2 Å². The minimum Gasteiger partial charge on any atom is -0.357 e. The van der Waals surface area contributed by atoms with Gasteiger partial charge in [-0.25, -0.2) is 8.70 Å². The first-order chi connectivity index (χ1) is 15.5. The minimum absolute atomic E-state index is 0.131. The van der Waals surface area contributed by atoms with E-state index in [9.17, 15) is 22.4 Å². The van der Waals surface area contributed by atoms with E-state index in [2.05, 4.69) is 5.32 Å². The van der Waals surface area contributed by atoms with Crippen molar-refractivity contribution in [2.24, 2.45) is 0 Å². The summed E-state index contributed by atoms with van der Waals surface area (Å²) >= 11 is 0. The lowest BCUT2D eigenvalue weighted by molar-refractivity contribution is -0.140. The van der Waals surface area contributed by atoms with Crippen molar-refractivity contribution in [3.63, 3.8) is 0 Å². The zero-order chi connectivity index (χ0) is 24.8. The minimum atomic E-state index is -4.08. The van der Waals surface area contributed by atoms with Gasteiger partial charge in [-0.15, -0.1) is 0 Å². The van der Waals surface area contributed by atoms with Crippen LogP contribution in [0.15, 0.2) is 48.5 Å². The van der Waals surface area contributed by atoms with Gasteiger partial charge in [0.15, 0.2) is 0 Å². The Bertz CT molecular complexity index is 1070. The molecule has 0 radical (unpaired) electrons. The monoisotopic (exact) mass is 478 g/mol. The van der Waals surface area contributed by atoms with Crippen LogP contribution in [0.2, 0.25) is 0 Å². The molecule has 0 unspecified atom stereocenters. The van der Waals surface area contributed by atoms with Crippen molar-refractivity contribution in [1.82, 2.24) is 14.5 Å². The van der Waals surface area contributed by atoms with E-state index in [4.69, 9.17) is 0 Å². The quantitative estimate of drug-likeness (QED) is 0.568. The number of likely N-dealkylation sites (N-methyl/N-ethyl adjacent to an activating group) is 1. The lowest BCUT2D eigenvalue weighted by Gasteiger charge is -2.33. The number of hydrogen-bond acceptors (Lipinski definition) is 4. The molecule has 0 aliphatic rings. The van der Waals surface area contributed by atoms with Gasteiger partial charge in [-0.05, 0) is 43.2 Å². The van der Waals surface area contributed by atoms with Crippen molar-refractivity contribution in [1.29, 1.82) is 0 Å². The van der Waals surface area contributed by atoms with E-state index in [-0.39, 0.29) is 18.1 Å².